The van der Waals surface area contributed by atoms with Crippen LogP contribution in [-0.4, -0.2) is 34.3 Å². The van der Waals surface area contributed by atoms with Crippen molar-refractivity contribution in [3.8, 4) is 0 Å². The molecule has 0 radical (unpaired) electrons. The lowest BCUT2D eigenvalue weighted by atomic mass is 9.71. The van der Waals surface area contributed by atoms with Crippen molar-refractivity contribution >= 4 is 11.8 Å². The molecule has 3 fully saturated rings. The van der Waals surface area contributed by atoms with E-state index in [1.54, 1.807) is 0 Å². The van der Waals surface area contributed by atoms with Crippen LogP contribution in [0.5, 0.6) is 0 Å². The maximum absolute atomic E-state index is 12.2. The van der Waals surface area contributed by atoms with Crippen LogP contribution in [0.4, 0.5) is 0 Å². The summed E-state index contributed by atoms with van der Waals surface area (Å²) in [7, 11) is 0. The van der Waals surface area contributed by atoms with Crippen LogP contribution in [0.15, 0.2) is 0 Å². The van der Waals surface area contributed by atoms with Crippen molar-refractivity contribution in [3.05, 3.63) is 0 Å². The predicted octanol–water partition coefficient (Wildman–Crippen LogP) is 1.45. The standard InChI is InChI=1S/C14H22N2O2/c1-12(2,3)14-5-4-8-16(14)13(6-7-14)9-10(17)15-11(13)18/h4-9H2,1-3H3,(H,15,17,18). The molecule has 0 aromatic carbocycles. The van der Waals surface area contributed by atoms with Gasteiger partial charge in [0.2, 0.25) is 11.8 Å². The number of imide groups is 1. The minimum absolute atomic E-state index is 0.0551. The molecule has 0 aliphatic carbocycles. The molecule has 3 rings (SSSR count). The summed E-state index contributed by atoms with van der Waals surface area (Å²) < 4.78 is 0. The predicted molar refractivity (Wildman–Crippen MR) is 67.9 cm³/mol. The highest BCUT2D eigenvalue weighted by Gasteiger charge is 2.66. The average Bonchev–Trinajstić information content (AvgIpc) is 2.83. The Balaban J connectivity index is 2.04. The molecule has 0 bridgehead atoms. The highest BCUT2D eigenvalue weighted by molar-refractivity contribution is 6.08. The van der Waals surface area contributed by atoms with Gasteiger partial charge in [-0.15, -0.1) is 0 Å². The number of hydrogen-bond acceptors (Lipinski definition) is 3. The second-order valence-corrected chi connectivity index (χ2v) is 7.12. The topological polar surface area (TPSA) is 49.4 Å². The summed E-state index contributed by atoms with van der Waals surface area (Å²) in [6, 6.07) is 0. The first-order valence-electron chi connectivity index (χ1n) is 6.94. The van der Waals surface area contributed by atoms with Crippen molar-refractivity contribution in [2.75, 3.05) is 6.54 Å². The second kappa shape index (κ2) is 3.35. The van der Waals surface area contributed by atoms with E-state index in [9.17, 15) is 9.59 Å². The van der Waals surface area contributed by atoms with E-state index in [1.807, 2.05) is 0 Å². The second-order valence-electron chi connectivity index (χ2n) is 7.12. The van der Waals surface area contributed by atoms with Crippen molar-refractivity contribution in [1.29, 1.82) is 0 Å². The van der Waals surface area contributed by atoms with Gasteiger partial charge in [-0.3, -0.25) is 19.8 Å². The molecule has 4 heteroatoms. The normalized spacial score (nSPS) is 40.6. The third-order valence-corrected chi connectivity index (χ3v) is 5.48. The van der Waals surface area contributed by atoms with Gasteiger partial charge in [0.25, 0.3) is 0 Å². The van der Waals surface area contributed by atoms with Gasteiger partial charge in [0, 0.05) is 5.54 Å². The molecule has 3 aliphatic rings. The van der Waals surface area contributed by atoms with E-state index >= 15 is 0 Å². The number of hydrogen-bond donors (Lipinski definition) is 1. The van der Waals surface area contributed by atoms with Gasteiger partial charge in [-0.2, -0.15) is 0 Å². The summed E-state index contributed by atoms with van der Waals surface area (Å²) in [4.78, 5) is 26.2. The Hall–Kier alpha value is -0.900. The quantitative estimate of drug-likeness (QED) is 0.662. The van der Waals surface area contributed by atoms with Gasteiger partial charge in [-0.25, -0.2) is 0 Å². The highest BCUT2D eigenvalue weighted by Crippen LogP contribution is 2.57. The lowest BCUT2D eigenvalue weighted by Crippen LogP contribution is -2.58. The summed E-state index contributed by atoms with van der Waals surface area (Å²) in [6.45, 7) is 7.75. The summed E-state index contributed by atoms with van der Waals surface area (Å²) in [6.07, 6.45) is 4.53. The summed E-state index contributed by atoms with van der Waals surface area (Å²) in [5, 5.41) is 2.51. The van der Waals surface area contributed by atoms with E-state index < -0.39 is 5.54 Å². The van der Waals surface area contributed by atoms with Crippen LogP contribution >= 0.6 is 0 Å². The molecule has 1 N–H and O–H groups in total. The van der Waals surface area contributed by atoms with Crippen LogP contribution < -0.4 is 5.32 Å². The first-order valence-corrected chi connectivity index (χ1v) is 6.94. The molecule has 0 aromatic rings. The molecule has 3 heterocycles. The van der Waals surface area contributed by atoms with Crippen LogP contribution in [0, 0.1) is 5.41 Å². The smallest absolute Gasteiger partial charge is 0.247 e. The van der Waals surface area contributed by atoms with E-state index in [4.69, 9.17) is 0 Å². The van der Waals surface area contributed by atoms with E-state index in [1.165, 1.54) is 0 Å². The zero-order valence-electron chi connectivity index (χ0n) is 11.5. The molecule has 3 saturated heterocycles. The minimum Gasteiger partial charge on any atom is -0.295 e. The molecule has 100 valence electrons. The number of fused-ring (bicyclic) bond motifs is 2. The Bertz CT molecular complexity index is 426. The molecule has 4 nitrogen and oxygen atoms in total. The largest absolute Gasteiger partial charge is 0.295 e. The molecule has 2 atom stereocenters. The van der Waals surface area contributed by atoms with Crippen molar-refractivity contribution in [1.82, 2.24) is 10.2 Å². The third-order valence-electron chi connectivity index (χ3n) is 5.48. The average molecular weight is 250 g/mol. The minimum atomic E-state index is -0.527. The Morgan fingerprint density at radius 3 is 2.44 bits per heavy atom. The van der Waals surface area contributed by atoms with Gasteiger partial charge >= 0.3 is 0 Å². The maximum Gasteiger partial charge on any atom is 0.247 e. The zero-order valence-corrected chi connectivity index (χ0v) is 11.5. The van der Waals surface area contributed by atoms with Crippen LogP contribution in [-0.2, 0) is 9.59 Å². The SMILES string of the molecule is CC(C)(C)C12CCCN1C1(CC2)CC(=O)NC1=O. The van der Waals surface area contributed by atoms with Gasteiger partial charge in [0.1, 0.15) is 5.54 Å². The van der Waals surface area contributed by atoms with Gasteiger partial charge in [-0.1, -0.05) is 20.8 Å². The fourth-order valence-electron chi connectivity index (χ4n) is 4.52. The fraction of sp³-hybridized carbons (Fsp3) is 0.857. The van der Waals surface area contributed by atoms with Crippen molar-refractivity contribution < 1.29 is 9.59 Å². The van der Waals surface area contributed by atoms with E-state index in [0.29, 0.717) is 6.42 Å². The molecule has 2 amide bonds. The Morgan fingerprint density at radius 2 is 1.89 bits per heavy atom. The first kappa shape index (κ1) is 12.2. The van der Waals surface area contributed by atoms with Crippen molar-refractivity contribution in [2.45, 2.75) is 64.0 Å². The number of rotatable bonds is 0. The first-order chi connectivity index (χ1) is 8.32. The van der Waals surface area contributed by atoms with E-state index in [-0.39, 0.29) is 22.8 Å². The molecular weight excluding hydrogens is 228 g/mol. The summed E-state index contributed by atoms with van der Waals surface area (Å²) in [5.74, 6) is -0.155. The van der Waals surface area contributed by atoms with Crippen LogP contribution in [0.2, 0.25) is 0 Å². The summed E-state index contributed by atoms with van der Waals surface area (Å²) >= 11 is 0. The molecule has 0 saturated carbocycles. The fourth-order valence-corrected chi connectivity index (χ4v) is 4.52. The van der Waals surface area contributed by atoms with Gasteiger partial charge < -0.3 is 0 Å². The Morgan fingerprint density at radius 1 is 1.17 bits per heavy atom. The van der Waals surface area contributed by atoms with Gasteiger partial charge in [0.05, 0.1) is 6.42 Å². The Kier molecular flexibility index (Phi) is 2.26. The zero-order chi connectivity index (χ0) is 13.2. The lowest BCUT2D eigenvalue weighted by Gasteiger charge is -2.47. The number of nitrogens with zero attached hydrogens (tertiary/aromatic N) is 1. The van der Waals surface area contributed by atoms with E-state index in [0.717, 1.165) is 32.2 Å². The number of carbonyl (C=O) groups excluding carboxylic acids is 2. The van der Waals surface area contributed by atoms with E-state index in [2.05, 4.69) is 31.0 Å². The van der Waals surface area contributed by atoms with Crippen molar-refractivity contribution in [3.63, 3.8) is 0 Å². The Labute approximate surface area is 108 Å². The molecule has 0 aromatic heterocycles. The third kappa shape index (κ3) is 1.25. The van der Waals surface area contributed by atoms with Gasteiger partial charge in [0.15, 0.2) is 0 Å². The monoisotopic (exact) mass is 250 g/mol. The molecule has 3 aliphatic heterocycles. The van der Waals surface area contributed by atoms with Gasteiger partial charge in [-0.05, 0) is 37.6 Å². The van der Waals surface area contributed by atoms with Crippen LogP contribution in [0.25, 0.3) is 0 Å². The molecule has 2 unspecified atom stereocenters. The molecular formula is C14H22N2O2. The number of carbonyl (C=O) groups is 2. The highest BCUT2D eigenvalue weighted by atomic mass is 16.2. The molecule has 1 spiro atoms. The number of amides is 2. The number of nitrogens with one attached hydrogen (secondary N) is 1. The van der Waals surface area contributed by atoms with Crippen LogP contribution in [0.3, 0.4) is 0 Å². The molecule has 18 heavy (non-hydrogen) atoms. The summed E-state index contributed by atoms with van der Waals surface area (Å²) in [5.41, 5.74) is -0.269. The maximum atomic E-state index is 12.2. The van der Waals surface area contributed by atoms with Crippen molar-refractivity contribution in [2.24, 2.45) is 5.41 Å². The lowest BCUT2D eigenvalue weighted by molar-refractivity contribution is -0.131. The van der Waals surface area contributed by atoms with Crippen LogP contribution in [0.1, 0.15) is 52.9 Å².